The van der Waals surface area contributed by atoms with E-state index in [0.717, 1.165) is 38.6 Å². The zero-order valence-electron chi connectivity index (χ0n) is 11.6. The summed E-state index contributed by atoms with van der Waals surface area (Å²) in [6.45, 7) is 6.84. The van der Waals surface area contributed by atoms with E-state index in [4.69, 9.17) is 0 Å². The summed E-state index contributed by atoms with van der Waals surface area (Å²) in [6, 6.07) is 0.00137. The third-order valence-electron chi connectivity index (χ3n) is 4.20. The molecule has 4 heteroatoms. The minimum absolute atomic E-state index is 0.00137. The Kier molecular flexibility index (Phi) is 5.45. The molecular weight excluding hydrogens is 226 g/mol. The van der Waals surface area contributed by atoms with Gasteiger partial charge in [0.15, 0.2) is 0 Å². The van der Waals surface area contributed by atoms with Gasteiger partial charge in [-0.3, -0.25) is 4.79 Å². The largest absolute Gasteiger partial charge is 0.341 e. The van der Waals surface area contributed by atoms with Crippen LogP contribution in [-0.2, 0) is 4.79 Å². The molecule has 104 valence electrons. The Hall–Kier alpha value is -0.610. The van der Waals surface area contributed by atoms with Gasteiger partial charge in [0.2, 0.25) is 5.91 Å². The van der Waals surface area contributed by atoms with E-state index in [9.17, 15) is 4.79 Å². The van der Waals surface area contributed by atoms with Crippen molar-refractivity contribution in [3.8, 4) is 0 Å². The molecule has 0 bridgehead atoms. The van der Waals surface area contributed by atoms with Gasteiger partial charge in [-0.05, 0) is 25.2 Å². The fourth-order valence-corrected chi connectivity index (χ4v) is 3.13. The van der Waals surface area contributed by atoms with Crippen LogP contribution in [0.25, 0.3) is 0 Å². The normalized spacial score (nSPS) is 29.9. The number of hydrogen-bond donors (Lipinski definition) is 2. The first-order valence-electron chi connectivity index (χ1n) is 7.54. The van der Waals surface area contributed by atoms with Gasteiger partial charge in [-0.25, -0.2) is 0 Å². The van der Waals surface area contributed by atoms with Crippen LogP contribution in [0.5, 0.6) is 0 Å². The van der Waals surface area contributed by atoms with Crippen molar-refractivity contribution in [1.82, 2.24) is 15.5 Å². The van der Waals surface area contributed by atoms with E-state index in [1.165, 1.54) is 32.1 Å². The number of piperazine rings is 1. The van der Waals surface area contributed by atoms with Crippen LogP contribution in [-0.4, -0.2) is 49.6 Å². The molecule has 4 nitrogen and oxygen atoms in total. The fraction of sp³-hybridized carbons (Fsp3) is 0.929. The van der Waals surface area contributed by atoms with Crippen LogP contribution >= 0.6 is 0 Å². The number of nitrogens with one attached hydrogen (secondary N) is 2. The van der Waals surface area contributed by atoms with E-state index < -0.39 is 0 Å². The van der Waals surface area contributed by atoms with Crippen LogP contribution in [0.3, 0.4) is 0 Å². The molecule has 0 aromatic carbocycles. The van der Waals surface area contributed by atoms with Gasteiger partial charge in [0.25, 0.3) is 0 Å². The summed E-state index contributed by atoms with van der Waals surface area (Å²) in [5, 5.41) is 6.61. The summed E-state index contributed by atoms with van der Waals surface area (Å²) >= 11 is 0. The maximum atomic E-state index is 12.4. The first-order valence-corrected chi connectivity index (χ1v) is 7.54. The molecule has 2 aliphatic rings. The van der Waals surface area contributed by atoms with Gasteiger partial charge in [0, 0.05) is 32.7 Å². The molecule has 2 N–H and O–H groups in total. The second-order valence-electron chi connectivity index (χ2n) is 5.62. The molecule has 2 saturated heterocycles. The van der Waals surface area contributed by atoms with Crippen molar-refractivity contribution in [2.45, 2.75) is 45.1 Å². The summed E-state index contributed by atoms with van der Waals surface area (Å²) in [7, 11) is 0. The molecule has 2 rings (SSSR count). The van der Waals surface area contributed by atoms with Gasteiger partial charge in [0.05, 0.1) is 6.04 Å². The van der Waals surface area contributed by atoms with E-state index in [1.807, 2.05) is 0 Å². The maximum absolute atomic E-state index is 12.4. The number of rotatable bonds is 3. The van der Waals surface area contributed by atoms with E-state index in [2.05, 4.69) is 22.5 Å². The molecule has 18 heavy (non-hydrogen) atoms. The van der Waals surface area contributed by atoms with Gasteiger partial charge in [0.1, 0.15) is 0 Å². The highest BCUT2D eigenvalue weighted by molar-refractivity contribution is 5.82. The first-order chi connectivity index (χ1) is 8.81. The highest BCUT2D eigenvalue weighted by Crippen LogP contribution is 2.22. The van der Waals surface area contributed by atoms with Gasteiger partial charge < -0.3 is 15.5 Å². The minimum atomic E-state index is 0.00137. The summed E-state index contributed by atoms with van der Waals surface area (Å²) in [6.07, 6.45) is 6.27. The fourth-order valence-electron chi connectivity index (χ4n) is 3.13. The summed E-state index contributed by atoms with van der Waals surface area (Å²) in [5.41, 5.74) is 0. The van der Waals surface area contributed by atoms with Crippen LogP contribution in [0.15, 0.2) is 0 Å². The van der Waals surface area contributed by atoms with Crippen molar-refractivity contribution in [2.75, 3.05) is 32.7 Å². The molecule has 0 radical (unpaired) electrons. The van der Waals surface area contributed by atoms with E-state index in [-0.39, 0.29) is 6.04 Å². The number of carbonyl (C=O) groups is 1. The molecule has 2 heterocycles. The topological polar surface area (TPSA) is 44.4 Å². The molecule has 2 aliphatic heterocycles. The van der Waals surface area contributed by atoms with E-state index in [0.29, 0.717) is 5.91 Å². The molecule has 0 aliphatic carbocycles. The second-order valence-corrected chi connectivity index (χ2v) is 5.62. The van der Waals surface area contributed by atoms with Gasteiger partial charge in [-0.15, -0.1) is 0 Å². The maximum Gasteiger partial charge on any atom is 0.241 e. The lowest BCUT2D eigenvalue weighted by Gasteiger charge is -2.29. The van der Waals surface area contributed by atoms with E-state index in [1.54, 1.807) is 0 Å². The molecule has 0 aromatic rings. The van der Waals surface area contributed by atoms with Crippen LogP contribution in [0, 0.1) is 5.92 Å². The lowest BCUT2D eigenvalue weighted by Crippen LogP contribution is -2.56. The molecule has 2 unspecified atom stereocenters. The molecule has 2 atom stereocenters. The molecular formula is C14H27N3O. The van der Waals surface area contributed by atoms with Crippen molar-refractivity contribution in [3.63, 3.8) is 0 Å². The summed E-state index contributed by atoms with van der Waals surface area (Å²) < 4.78 is 0. The van der Waals surface area contributed by atoms with Gasteiger partial charge in [-0.2, -0.15) is 0 Å². The number of carbonyl (C=O) groups excluding carboxylic acids is 1. The molecule has 0 saturated carbocycles. The average Bonchev–Trinajstić information content (AvgIpc) is 2.65. The number of amides is 1. The quantitative estimate of drug-likeness (QED) is 0.788. The monoisotopic (exact) mass is 253 g/mol. The Bertz CT molecular complexity index is 264. The first kappa shape index (κ1) is 13.8. The molecule has 1 amide bonds. The number of nitrogens with zero attached hydrogens (tertiary/aromatic N) is 1. The Balaban J connectivity index is 1.82. The highest BCUT2D eigenvalue weighted by Gasteiger charge is 2.27. The predicted octanol–water partition coefficient (Wildman–Crippen LogP) is 0.977. The zero-order valence-corrected chi connectivity index (χ0v) is 11.6. The van der Waals surface area contributed by atoms with Crippen LogP contribution < -0.4 is 10.6 Å². The molecule has 0 spiro atoms. The predicted molar refractivity (Wildman–Crippen MR) is 73.5 cm³/mol. The Morgan fingerprint density at radius 3 is 2.89 bits per heavy atom. The zero-order chi connectivity index (χ0) is 12.8. The number of likely N-dealkylation sites (tertiary alicyclic amines) is 1. The van der Waals surface area contributed by atoms with Crippen LogP contribution in [0.2, 0.25) is 0 Å². The van der Waals surface area contributed by atoms with Gasteiger partial charge in [-0.1, -0.05) is 19.8 Å². The third kappa shape index (κ3) is 3.69. The number of hydrogen-bond acceptors (Lipinski definition) is 3. The SMILES string of the molecule is CCCC1CCCN(C(=O)C2CNCCN2)CC1. The third-order valence-corrected chi connectivity index (χ3v) is 4.20. The Morgan fingerprint density at radius 2 is 2.17 bits per heavy atom. The van der Waals surface area contributed by atoms with Crippen molar-refractivity contribution < 1.29 is 4.79 Å². The standard InChI is InChI=1S/C14H27N3O/c1-2-4-12-5-3-9-17(10-6-12)14(18)13-11-15-7-8-16-13/h12-13,15-16H,2-11H2,1H3. The highest BCUT2D eigenvalue weighted by atomic mass is 16.2. The van der Waals surface area contributed by atoms with Crippen molar-refractivity contribution in [3.05, 3.63) is 0 Å². The molecule has 0 aromatic heterocycles. The van der Waals surface area contributed by atoms with Crippen molar-refractivity contribution in [2.24, 2.45) is 5.92 Å². The minimum Gasteiger partial charge on any atom is -0.341 e. The van der Waals surface area contributed by atoms with Gasteiger partial charge >= 0.3 is 0 Å². The smallest absolute Gasteiger partial charge is 0.241 e. The molecule has 2 fully saturated rings. The summed E-state index contributed by atoms with van der Waals surface area (Å²) in [5.74, 6) is 1.14. The second kappa shape index (κ2) is 7.10. The van der Waals surface area contributed by atoms with Crippen LogP contribution in [0.4, 0.5) is 0 Å². The lowest BCUT2D eigenvalue weighted by atomic mass is 9.96. The average molecular weight is 253 g/mol. The lowest BCUT2D eigenvalue weighted by molar-refractivity contribution is -0.133. The van der Waals surface area contributed by atoms with Crippen LogP contribution in [0.1, 0.15) is 39.0 Å². The van der Waals surface area contributed by atoms with Crippen molar-refractivity contribution in [1.29, 1.82) is 0 Å². The summed E-state index contributed by atoms with van der Waals surface area (Å²) in [4.78, 5) is 14.5. The Labute approximate surface area is 110 Å². The Morgan fingerprint density at radius 1 is 1.28 bits per heavy atom. The van der Waals surface area contributed by atoms with E-state index >= 15 is 0 Å². The van der Waals surface area contributed by atoms with Crippen molar-refractivity contribution >= 4 is 5.91 Å².